The fourth-order valence-electron chi connectivity index (χ4n) is 2.59. The van der Waals surface area contributed by atoms with Crippen LogP contribution in [0.2, 0.25) is 0 Å². The van der Waals surface area contributed by atoms with E-state index in [1.807, 2.05) is 25.1 Å². The molecule has 1 aromatic heterocycles. The van der Waals surface area contributed by atoms with E-state index in [9.17, 15) is 13.6 Å². The van der Waals surface area contributed by atoms with Gasteiger partial charge in [0.05, 0.1) is 0 Å². The van der Waals surface area contributed by atoms with Crippen molar-refractivity contribution in [3.8, 4) is 0 Å². The maximum Gasteiger partial charge on any atom is 0.336 e. The minimum atomic E-state index is -2.43. The number of hydrogen-bond acceptors (Lipinski definition) is 4. The molecule has 0 atom stereocenters. The summed E-state index contributed by atoms with van der Waals surface area (Å²) in [4.78, 5) is 12.3. The van der Waals surface area contributed by atoms with Crippen LogP contribution in [0.25, 0.3) is 11.0 Å². The van der Waals surface area contributed by atoms with Gasteiger partial charge in [-0.25, -0.2) is 4.79 Å². The topological polar surface area (TPSA) is 42.2 Å². The highest BCUT2D eigenvalue weighted by Crippen LogP contribution is 2.26. The van der Waals surface area contributed by atoms with Crippen LogP contribution in [0.1, 0.15) is 18.1 Å². The van der Waals surface area contributed by atoms with Crippen molar-refractivity contribution in [3.63, 3.8) is 0 Å². The molecular weight excluding hydrogens is 344 g/mol. The number of hydrogen-bond donors (Lipinski definition) is 1. The predicted octanol–water partition coefficient (Wildman–Crippen LogP) is 5.28. The highest BCUT2D eigenvalue weighted by Gasteiger charge is 2.07. The number of nitrogens with one attached hydrogen (secondary N) is 1. The Labute approximate surface area is 148 Å². The van der Waals surface area contributed by atoms with Crippen molar-refractivity contribution < 1.29 is 13.2 Å². The van der Waals surface area contributed by atoms with Crippen LogP contribution in [0.15, 0.2) is 62.6 Å². The molecule has 0 fully saturated rings. The molecule has 3 nitrogen and oxygen atoms in total. The molecule has 3 rings (SSSR count). The lowest BCUT2D eigenvalue weighted by atomic mass is 10.1. The lowest BCUT2D eigenvalue weighted by Gasteiger charge is -2.10. The van der Waals surface area contributed by atoms with Gasteiger partial charge >= 0.3 is 5.63 Å². The Bertz CT molecular complexity index is 923. The molecule has 0 radical (unpaired) electrons. The summed E-state index contributed by atoms with van der Waals surface area (Å²) < 4.78 is 30.0. The molecule has 0 aliphatic heterocycles. The van der Waals surface area contributed by atoms with E-state index in [1.54, 1.807) is 24.3 Å². The minimum Gasteiger partial charge on any atom is -0.423 e. The average molecular weight is 361 g/mol. The third kappa shape index (κ3) is 4.39. The molecule has 6 heteroatoms. The van der Waals surface area contributed by atoms with Gasteiger partial charge in [-0.3, -0.25) is 0 Å². The first-order valence-corrected chi connectivity index (χ1v) is 8.77. The molecule has 3 aromatic rings. The highest BCUT2D eigenvalue weighted by atomic mass is 32.2. The lowest BCUT2D eigenvalue weighted by molar-refractivity contribution is 0.252. The molecule has 25 heavy (non-hydrogen) atoms. The van der Waals surface area contributed by atoms with Crippen molar-refractivity contribution >= 4 is 28.4 Å². The van der Waals surface area contributed by atoms with Crippen LogP contribution in [-0.4, -0.2) is 5.76 Å². The van der Waals surface area contributed by atoms with E-state index in [1.165, 1.54) is 6.07 Å². The van der Waals surface area contributed by atoms with Gasteiger partial charge in [0.1, 0.15) is 5.58 Å². The number of thioether (sulfide) groups is 1. The maximum absolute atomic E-state index is 12.3. The number of anilines is 1. The second-order valence-electron chi connectivity index (χ2n) is 5.53. The van der Waals surface area contributed by atoms with Crippen molar-refractivity contribution in [1.82, 2.24) is 0 Å². The number of halogens is 2. The van der Waals surface area contributed by atoms with E-state index in [2.05, 4.69) is 5.32 Å². The van der Waals surface area contributed by atoms with E-state index in [0.29, 0.717) is 28.8 Å². The molecule has 0 aliphatic rings. The molecule has 0 amide bonds. The van der Waals surface area contributed by atoms with Gasteiger partial charge in [0, 0.05) is 28.6 Å². The SMILES string of the molecule is CCc1ccc2c(CNc3ccc(SC(F)F)cc3)cc(=O)oc2c1. The van der Waals surface area contributed by atoms with Gasteiger partial charge in [-0.15, -0.1) is 0 Å². The second-order valence-corrected chi connectivity index (χ2v) is 6.59. The van der Waals surface area contributed by atoms with E-state index >= 15 is 0 Å². The van der Waals surface area contributed by atoms with Gasteiger partial charge in [0.25, 0.3) is 5.76 Å². The van der Waals surface area contributed by atoms with Gasteiger partial charge in [0.15, 0.2) is 0 Å². The Hall–Kier alpha value is -2.34. The maximum atomic E-state index is 12.3. The first kappa shape index (κ1) is 17.5. The molecule has 0 bridgehead atoms. The summed E-state index contributed by atoms with van der Waals surface area (Å²) in [5.74, 6) is -2.43. The Balaban J connectivity index is 1.80. The molecule has 0 unspecified atom stereocenters. The van der Waals surface area contributed by atoms with Gasteiger partial charge < -0.3 is 9.73 Å². The quantitative estimate of drug-likeness (QED) is 0.479. The summed E-state index contributed by atoms with van der Waals surface area (Å²) in [6, 6.07) is 14.1. The largest absolute Gasteiger partial charge is 0.423 e. The number of alkyl halides is 2. The summed E-state index contributed by atoms with van der Waals surface area (Å²) >= 11 is 0.514. The Morgan fingerprint density at radius 2 is 1.88 bits per heavy atom. The van der Waals surface area contributed by atoms with E-state index in [-0.39, 0.29) is 5.63 Å². The monoisotopic (exact) mass is 361 g/mol. The number of rotatable bonds is 6. The Kier molecular flexibility index (Phi) is 5.38. The predicted molar refractivity (Wildman–Crippen MR) is 97.5 cm³/mol. The first-order chi connectivity index (χ1) is 12.0. The van der Waals surface area contributed by atoms with Crippen LogP contribution in [0.5, 0.6) is 0 Å². The van der Waals surface area contributed by atoms with E-state index < -0.39 is 5.76 Å². The second kappa shape index (κ2) is 7.70. The van der Waals surface area contributed by atoms with Crippen molar-refractivity contribution in [1.29, 1.82) is 0 Å². The Morgan fingerprint density at radius 3 is 2.56 bits per heavy atom. The molecular formula is C19H17F2NO2S. The summed E-state index contributed by atoms with van der Waals surface area (Å²) in [5, 5.41) is 4.10. The third-order valence-corrected chi connectivity index (χ3v) is 4.59. The van der Waals surface area contributed by atoms with Gasteiger partial charge in [-0.1, -0.05) is 30.8 Å². The average Bonchev–Trinajstić information content (AvgIpc) is 2.59. The van der Waals surface area contributed by atoms with Crippen molar-refractivity contribution in [2.45, 2.75) is 30.5 Å². The zero-order chi connectivity index (χ0) is 17.8. The lowest BCUT2D eigenvalue weighted by Crippen LogP contribution is -2.06. The van der Waals surface area contributed by atoms with Crippen LogP contribution in [0, 0.1) is 0 Å². The first-order valence-electron chi connectivity index (χ1n) is 7.89. The van der Waals surface area contributed by atoms with Gasteiger partial charge in [-0.2, -0.15) is 8.78 Å². The molecule has 0 saturated heterocycles. The normalized spacial score (nSPS) is 11.2. The van der Waals surface area contributed by atoms with E-state index in [4.69, 9.17) is 4.42 Å². The highest BCUT2D eigenvalue weighted by molar-refractivity contribution is 7.99. The number of fused-ring (bicyclic) bond motifs is 1. The fraction of sp³-hybridized carbons (Fsp3) is 0.211. The molecule has 130 valence electrons. The van der Waals surface area contributed by atoms with Crippen LogP contribution < -0.4 is 10.9 Å². The number of aryl methyl sites for hydroxylation is 1. The van der Waals surface area contributed by atoms with Gasteiger partial charge in [-0.05, 0) is 47.9 Å². The standard InChI is InChI=1S/C19H17F2NO2S/c1-2-12-3-8-16-13(10-18(23)24-17(16)9-12)11-22-14-4-6-15(7-5-14)25-19(20)21/h3-10,19,22H,2,11H2,1H3. The summed E-state index contributed by atoms with van der Waals surface area (Å²) in [7, 11) is 0. The molecule has 1 heterocycles. The van der Waals surface area contributed by atoms with Crippen LogP contribution in [0.3, 0.4) is 0 Å². The molecule has 0 aliphatic carbocycles. The minimum absolute atomic E-state index is 0.388. The smallest absolute Gasteiger partial charge is 0.336 e. The van der Waals surface area contributed by atoms with Crippen LogP contribution in [-0.2, 0) is 13.0 Å². The Morgan fingerprint density at radius 1 is 1.12 bits per heavy atom. The summed E-state index contributed by atoms with van der Waals surface area (Å²) in [5.41, 5.74) is 2.92. The molecule has 2 aromatic carbocycles. The molecule has 0 saturated carbocycles. The van der Waals surface area contributed by atoms with Gasteiger partial charge in [0.2, 0.25) is 0 Å². The van der Waals surface area contributed by atoms with E-state index in [0.717, 1.165) is 28.6 Å². The fourth-order valence-corrected chi connectivity index (χ4v) is 3.09. The van der Waals surface area contributed by atoms with Crippen molar-refractivity contribution in [2.24, 2.45) is 0 Å². The van der Waals surface area contributed by atoms with Crippen molar-refractivity contribution in [2.75, 3.05) is 5.32 Å². The zero-order valence-corrected chi connectivity index (χ0v) is 14.4. The third-order valence-electron chi connectivity index (χ3n) is 3.87. The van der Waals surface area contributed by atoms with Crippen molar-refractivity contribution in [3.05, 3.63) is 70.1 Å². The summed E-state index contributed by atoms with van der Waals surface area (Å²) in [6.07, 6.45) is 0.866. The number of benzene rings is 2. The van der Waals surface area contributed by atoms with Crippen LogP contribution in [0.4, 0.5) is 14.5 Å². The van der Waals surface area contributed by atoms with Crippen LogP contribution >= 0.6 is 11.8 Å². The molecule has 0 spiro atoms. The molecule has 1 N–H and O–H groups in total. The summed E-state index contributed by atoms with van der Waals surface area (Å²) in [6.45, 7) is 2.48. The zero-order valence-electron chi connectivity index (χ0n) is 13.6.